The van der Waals surface area contributed by atoms with Crippen molar-refractivity contribution in [2.45, 2.75) is 26.9 Å². The van der Waals surface area contributed by atoms with E-state index in [0.29, 0.717) is 16.6 Å². The molecule has 0 bridgehead atoms. The van der Waals surface area contributed by atoms with Crippen molar-refractivity contribution in [3.8, 4) is 5.75 Å². The minimum Gasteiger partial charge on any atom is -0.482 e. The maximum absolute atomic E-state index is 12.0. The van der Waals surface area contributed by atoms with Crippen molar-refractivity contribution in [1.29, 1.82) is 0 Å². The van der Waals surface area contributed by atoms with E-state index in [0.717, 1.165) is 11.1 Å². The quantitative estimate of drug-likeness (QED) is 0.798. The van der Waals surface area contributed by atoms with Crippen LogP contribution in [0.5, 0.6) is 5.75 Å². The Kier molecular flexibility index (Phi) is 6.36. The number of amides is 1. The summed E-state index contributed by atoms with van der Waals surface area (Å²) in [6, 6.07) is 8.80. The molecule has 0 radical (unpaired) electrons. The first kappa shape index (κ1) is 18.7. The highest BCUT2D eigenvalue weighted by Gasteiger charge is 2.18. The van der Waals surface area contributed by atoms with Crippen LogP contribution in [0.1, 0.15) is 18.1 Å². The molecule has 25 heavy (non-hydrogen) atoms. The number of rotatable bonds is 6. The molecule has 0 spiro atoms. The molecule has 0 unspecified atom stereocenters. The molecule has 1 heterocycles. The summed E-state index contributed by atoms with van der Waals surface area (Å²) >= 11 is 5.73. The number of esters is 1. The van der Waals surface area contributed by atoms with E-state index in [9.17, 15) is 9.59 Å². The summed E-state index contributed by atoms with van der Waals surface area (Å²) in [5.41, 5.74) is 2.07. The van der Waals surface area contributed by atoms with Gasteiger partial charge in [-0.25, -0.2) is 9.78 Å². The van der Waals surface area contributed by atoms with Gasteiger partial charge in [0.2, 0.25) is 0 Å². The molecule has 2 rings (SSSR count). The topological polar surface area (TPSA) is 77.5 Å². The van der Waals surface area contributed by atoms with Crippen LogP contribution in [-0.2, 0) is 14.3 Å². The van der Waals surface area contributed by atoms with Crippen LogP contribution in [0.15, 0.2) is 36.5 Å². The molecule has 1 atom stereocenters. The molecule has 132 valence electrons. The summed E-state index contributed by atoms with van der Waals surface area (Å²) in [6.45, 7) is 5.07. The summed E-state index contributed by atoms with van der Waals surface area (Å²) in [4.78, 5) is 27.8. The van der Waals surface area contributed by atoms with Gasteiger partial charge in [0.05, 0.1) is 5.02 Å². The number of hydrogen-bond acceptors (Lipinski definition) is 5. The Morgan fingerprint density at radius 3 is 2.48 bits per heavy atom. The van der Waals surface area contributed by atoms with Crippen LogP contribution < -0.4 is 10.1 Å². The maximum atomic E-state index is 12.0. The van der Waals surface area contributed by atoms with Gasteiger partial charge in [0.15, 0.2) is 12.7 Å². The number of ether oxygens (including phenoxy) is 2. The first-order valence-corrected chi connectivity index (χ1v) is 8.04. The molecule has 6 nitrogen and oxygen atoms in total. The third kappa shape index (κ3) is 6.08. The minimum atomic E-state index is -0.979. The Morgan fingerprint density at radius 1 is 1.20 bits per heavy atom. The SMILES string of the molecule is Cc1cc(C)cc(OCC(=O)O[C@@H](C)C(=O)Nc2ccc(Cl)cn2)c1. The van der Waals surface area contributed by atoms with Gasteiger partial charge in [0.1, 0.15) is 11.6 Å². The van der Waals surface area contributed by atoms with E-state index in [-0.39, 0.29) is 6.61 Å². The number of aryl methyl sites for hydroxylation is 2. The first-order valence-electron chi connectivity index (χ1n) is 7.66. The highest BCUT2D eigenvalue weighted by molar-refractivity contribution is 6.30. The van der Waals surface area contributed by atoms with Crippen molar-refractivity contribution in [2.24, 2.45) is 0 Å². The maximum Gasteiger partial charge on any atom is 0.344 e. The molecular formula is C18H19ClN2O4. The van der Waals surface area contributed by atoms with Gasteiger partial charge < -0.3 is 14.8 Å². The molecule has 1 aromatic carbocycles. The van der Waals surface area contributed by atoms with Crippen LogP contribution in [0.4, 0.5) is 5.82 Å². The summed E-state index contributed by atoms with van der Waals surface area (Å²) < 4.78 is 10.5. The molecule has 0 saturated carbocycles. The molecule has 0 aliphatic rings. The third-order valence-corrected chi connectivity index (χ3v) is 3.43. The van der Waals surface area contributed by atoms with E-state index in [2.05, 4.69) is 10.3 Å². The highest BCUT2D eigenvalue weighted by atomic mass is 35.5. The van der Waals surface area contributed by atoms with Crippen molar-refractivity contribution in [3.05, 3.63) is 52.7 Å². The van der Waals surface area contributed by atoms with Crippen molar-refractivity contribution in [3.63, 3.8) is 0 Å². The van der Waals surface area contributed by atoms with E-state index in [1.165, 1.54) is 13.1 Å². The highest BCUT2D eigenvalue weighted by Crippen LogP contribution is 2.16. The second-order valence-electron chi connectivity index (χ2n) is 5.60. The molecule has 0 saturated heterocycles. The normalized spacial score (nSPS) is 11.5. The lowest BCUT2D eigenvalue weighted by Gasteiger charge is -2.14. The van der Waals surface area contributed by atoms with Crippen molar-refractivity contribution >= 4 is 29.3 Å². The lowest BCUT2D eigenvalue weighted by atomic mass is 10.1. The van der Waals surface area contributed by atoms with Crippen molar-refractivity contribution in [1.82, 2.24) is 4.98 Å². The fraction of sp³-hybridized carbons (Fsp3) is 0.278. The summed E-state index contributed by atoms with van der Waals surface area (Å²) in [5.74, 6) is -0.221. The van der Waals surface area contributed by atoms with Crippen LogP contribution in [0.25, 0.3) is 0 Å². The number of aromatic nitrogens is 1. The van der Waals surface area contributed by atoms with Gasteiger partial charge in [-0.1, -0.05) is 17.7 Å². The molecule has 1 aromatic heterocycles. The van der Waals surface area contributed by atoms with Crippen molar-refractivity contribution in [2.75, 3.05) is 11.9 Å². The van der Waals surface area contributed by atoms with Gasteiger partial charge in [-0.05, 0) is 56.2 Å². The number of nitrogens with zero attached hydrogens (tertiary/aromatic N) is 1. The van der Waals surface area contributed by atoms with Gasteiger partial charge in [-0.3, -0.25) is 4.79 Å². The number of pyridine rings is 1. The Balaban J connectivity index is 1.82. The minimum absolute atomic E-state index is 0.278. The zero-order valence-electron chi connectivity index (χ0n) is 14.2. The number of halogens is 1. The van der Waals surface area contributed by atoms with E-state index in [1.807, 2.05) is 32.0 Å². The number of hydrogen-bond donors (Lipinski definition) is 1. The average Bonchev–Trinajstić information content (AvgIpc) is 2.54. The Labute approximate surface area is 151 Å². The van der Waals surface area contributed by atoms with Crippen LogP contribution in [0, 0.1) is 13.8 Å². The van der Waals surface area contributed by atoms with Crippen LogP contribution in [0.2, 0.25) is 5.02 Å². The van der Waals surface area contributed by atoms with Gasteiger partial charge in [0.25, 0.3) is 5.91 Å². The first-order chi connectivity index (χ1) is 11.8. The van der Waals surface area contributed by atoms with E-state index in [4.69, 9.17) is 21.1 Å². The predicted molar refractivity (Wildman–Crippen MR) is 94.8 cm³/mol. The predicted octanol–water partition coefficient (Wildman–Crippen LogP) is 3.30. The third-order valence-electron chi connectivity index (χ3n) is 3.21. The van der Waals surface area contributed by atoms with Gasteiger partial charge >= 0.3 is 5.97 Å². The molecule has 1 amide bonds. The fourth-order valence-corrected chi connectivity index (χ4v) is 2.23. The van der Waals surface area contributed by atoms with Crippen LogP contribution >= 0.6 is 11.6 Å². The molecular weight excluding hydrogens is 344 g/mol. The van der Waals surface area contributed by atoms with Crippen molar-refractivity contribution < 1.29 is 19.1 Å². The van der Waals surface area contributed by atoms with Gasteiger partial charge in [-0.2, -0.15) is 0 Å². The average molecular weight is 363 g/mol. The zero-order valence-corrected chi connectivity index (χ0v) is 15.0. The second kappa shape index (κ2) is 8.48. The zero-order chi connectivity index (χ0) is 18.4. The fourth-order valence-electron chi connectivity index (χ4n) is 2.12. The summed E-state index contributed by atoms with van der Waals surface area (Å²) in [5, 5.41) is 3.00. The van der Waals surface area contributed by atoms with E-state index >= 15 is 0 Å². The molecule has 0 aliphatic carbocycles. The lowest BCUT2D eigenvalue weighted by Crippen LogP contribution is -2.31. The Morgan fingerprint density at radius 2 is 1.88 bits per heavy atom. The number of nitrogens with one attached hydrogen (secondary N) is 1. The number of anilines is 1. The van der Waals surface area contributed by atoms with E-state index in [1.54, 1.807) is 12.1 Å². The monoisotopic (exact) mass is 362 g/mol. The van der Waals surface area contributed by atoms with E-state index < -0.39 is 18.0 Å². The molecule has 7 heteroatoms. The molecule has 1 N–H and O–H groups in total. The van der Waals surface area contributed by atoms with Crippen LogP contribution in [0.3, 0.4) is 0 Å². The summed E-state index contributed by atoms with van der Waals surface area (Å²) in [6.07, 6.45) is 0.429. The number of carbonyl (C=O) groups is 2. The van der Waals surface area contributed by atoms with Gasteiger partial charge in [-0.15, -0.1) is 0 Å². The smallest absolute Gasteiger partial charge is 0.344 e. The van der Waals surface area contributed by atoms with Gasteiger partial charge in [0, 0.05) is 6.20 Å². The Bertz CT molecular complexity index is 742. The Hall–Kier alpha value is -2.60. The molecule has 0 fully saturated rings. The number of carbonyl (C=O) groups excluding carboxylic acids is 2. The standard InChI is InChI=1S/C18H19ClN2O4/c1-11-6-12(2)8-15(7-11)24-10-17(22)25-13(3)18(23)21-16-5-4-14(19)9-20-16/h4-9,13H,10H2,1-3H3,(H,20,21,23)/t13-/m0/s1. The lowest BCUT2D eigenvalue weighted by molar-refractivity contribution is -0.155. The largest absolute Gasteiger partial charge is 0.482 e. The summed E-state index contributed by atoms with van der Waals surface area (Å²) in [7, 11) is 0. The molecule has 2 aromatic rings. The van der Waals surface area contributed by atoms with Crippen LogP contribution in [-0.4, -0.2) is 29.6 Å². The second-order valence-corrected chi connectivity index (χ2v) is 6.03. The number of benzene rings is 1. The molecule has 0 aliphatic heterocycles.